The fourth-order valence-electron chi connectivity index (χ4n) is 1.36. The van der Waals surface area contributed by atoms with Crippen LogP contribution in [0.5, 0.6) is 0 Å². The van der Waals surface area contributed by atoms with E-state index in [0.29, 0.717) is 5.92 Å². The predicted octanol–water partition coefficient (Wildman–Crippen LogP) is 2.45. The monoisotopic (exact) mass is 268 g/mol. The van der Waals surface area contributed by atoms with E-state index in [-0.39, 0.29) is 0 Å². The van der Waals surface area contributed by atoms with E-state index in [1.807, 2.05) is 11.7 Å². The molecule has 0 atom stereocenters. The zero-order chi connectivity index (χ0) is 12.1. The van der Waals surface area contributed by atoms with Gasteiger partial charge in [0.15, 0.2) is 5.01 Å². The molecule has 0 radical (unpaired) electrons. The predicted molar refractivity (Wildman–Crippen MR) is 72.4 cm³/mol. The molecule has 2 rings (SSSR count). The van der Waals surface area contributed by atoms with Gasteiger partial charge in [-0.25, -0.2) is 0 Å². The molecular formula is C11H16N4S2. The van der Waals surface area contributed by atoms with Crippen LogP contribution in [0.4, 0.5) is 0 Å². The van der Waals surface area contributed by atoms with Gasteiger partial charge in [-0.05, 0) is 12.5 Å². The highest BCUT2D eigenvalue weighted by Gasteiger charge is 2.07. The Labute approximate surface area is 109 Å². The van der Waals surface area contributed by atoms with Gasteiger partial charge in [-0.3, -0.25) is 4.98 Å². The van der Waals surface area contributed by atoms with Crippen LogP contribution in [0.15, 0.2) is 11.7 Å². The Bertz CT molecular complexity index is 436. The van der Waals surface area contributed by atoms with Crippen LogP contribution in [0.1, 0.15) is 18.9 Å². The largest absolute Gasteiger partial charge is 0.316 e. The van der Waals surface area contributed by atoms with E-state index in [1.165, 1.54) is 0 Å². The normalized spacial score (nSPS) is 11.2. The minimum Gasteiger partial charge on any atom is -0.316 e. The smallest absolute Gasteiger partial charge is 0.159 e. The summed E-state index contributed by atoms with van der Waals surface area (Å²) in [5.41, 5.74) is 1.82. The van der Waals surface area contributed by atoms with Crippen LogP contribution >= 0.6 is 22.7 Å². The summed E-state index contributed by atoms with van der Waals surface area (Å²) in [5.74, 6) is 0.692. The van der Waals surface area contributed by atoms with E-state index in [1.54, 1.807) is 22.7 Å². The lowest BCUT2D eigenvalue weighted by Crippen LogP contribution is -2.22. The minimum atomic E-state index is 0.692. The molecule has 0 spiro atoms. The molecule has 0 saturated heterocycles. The Balaban J connectivity index is 1.83. The Kier molecular flexibility index (Phi) is 4.58. The third-order valence-corrected chi connectivity index (χ3v) is 4.10. The molecule has 2 aromatic rings. The lowest BCUT2D eigenvalue weighted by Gasteiger charge is -2.04. The topological polar surface area (TPSA) is 50.7 Å². The van der Waals surface area contributed by atoms with Crippen molar-refractivity contribution in [1.29, 1.82) is 0 Å². The molecule has 1 N–H and O–H groups in total. The van der Waals surface area contributed by atoms with Gasteiger partial charge < -0.3 is 5.32 Å². The van der Waals surface area contributed by atoms with E-state index in [0.717, 1.165) is 34.4 Å². The zero-order valence-corrected chi connectivity index (χ0v) is 11.6. The number of nitrogens with one attached hydrogen (secondary N) is 1. The maximum atomic E-state index is 4.20. The van der Waals surface area contributed by atoms with Gasteiger partial charge in [-0.1, -0.05) is 25.2 Å². The van der Waals surface area contributed by atoms with Gasteiger partial charge in [0.05, 0.1) is 10.4 Å². The third kappa shape index (κ3) is 3.83. The van der Waals surface area contributed by atoms with Crippen LogP contribution in [0.25, 0.3) is 9.88 Å². The van der Waals surface area contributed by atoms with Gasteiger partial charge in [0.2, 0.25) is 0 Å². The maximum absolute atomic E-state index is 4.20. The van der Waals surface area contributed by atoms with Crippen LogP contribution in [-0.2, 0) is 6.42 Å². The molecule has 92 valence electrons. The second-order valence-electron chi connectivity index (χ2n) is 4.21. The van der Waals surface area contributed by atoms with Crippen molar-refractivity contribution in [1.82, 2.24) is 20.5 Å². The number of thiazole rings is 1. The molecule has 0 amide bonds. The average Bonchev–Trinajstić information content (AvgIpc) is 2.94. The quantitative estimate of drug-likeness (QED) is 0.818. The molecule has 0 aromatic carbocycles. The standard InChI is InChI=1S/C11H16N4S2/c1-8(2)5-12-4-3-10-14-15-11(17-10)9-6-13-7-16-9/h6-8,12H,3-5H2,1-2H3. The summed E-state index contributed by atoms with van der Waals surface area (Å²) in [6.45, 7) is 6.44. The number of nitrogens with zero attached hydrogens (tertiary/aromatic N) is 3. The summed E-state index contributed by atoms with van der Waals surface area (Å²) in [4.78, 5) is 5.15. The van der Waals surface area contributed by atoms with E-state index in [4.69, 9.17) is 0 Å². The van der Waals surface area contributed by atoms with Crippen molar-refractivity contribution in [2.24, 2.45) is 5.92 Å². The fourth-order valence-corrected chi connectivity index (χ4v) is 2.87. The first-order chi connectivity index (χ1) is 8.25. The molecule has 0 aliphatic rings. The molecule has 0 fully saturated rings. The SMILES string of the molecule is CC(C)CNCCc1nnc(-c2cncs2)s1. The Hall–Kier alpha value is -0.850. The number of rotatable bonds is 6. The van der Waals surface area contributed by atoms with Crippen molar-refractivity contribution >= 4 is 22.7 Å². The zero-order valence-electron chi connectivity index (χ0n) is 10.0. The summed E-state index contributed by atoms with van der Waals surface area (Å²) in [7, 11) is 0. The van der Waals surface area contributed by atoms with E-state index in [9.17, 15) is 0 Å². The third-order valence-electron chi connectivity index (χ3n) is 2.18. The van der Waals surface area contributed by atoms with Crippen LogP contribution in [0.2, 0.25) is 0 Å². The molecule has 17 heavy (non-hydrogen) atoms. The van der Waals surface area contributed by atoms with Crippen LogP contribution in [0, 0.1) is 5.92 Å². The molecule has 2 aromatic heterocycles. The first-order valence-electron chi connectivity index (χ1n) is 5.67. The molecule has 0 saturated carbocycles. The molecule has 0 bridgehead atoms. The molecule has 0 aliphatic heterocycles. The Morgan fingerprint density at radius 3 is 2.94 bits per heavy atom. The van der Waals surface area contributed by atoms with Crippen molar-refractivity contribution in [3.8, 4) is 9.88 Å². The van der Waals surface area contributed by atoms with Gasteiger partial charge >= 0.3 is 0 Å². The second-order valence-corrected chi connectivity index (χ2v) is 6.16. The first-order valence-corrected chi connectivity index (χ1v) is 7.37. The van der Waals surface area contributed by atoms with Crippen molar-refractivity contribution in [2.45, 2.75) is 20.3 Å². The molecule has 0 unspecified atom stereocenters. The number of hydrogen-bond acceptors (Lipinski definition) is 6. The number of aromatic nitrogens is 3. The van der Waals surface area contributed by atoms with Crippen molar-refractivity contribution in [3.05, 3.63) is 16.7 Å². The highest BCUT2D eigenvalue weighted by Crippen LogP contribution is 2.26. The van der Waals surface area contributed by atoms with Crippen LogP contribution in [-0.4, -0.2) is 28.3 Å². The van der Waals surface area contributed by atoms with Gasteiger partial charge in [0.25, 0.3) is 0 Å². The van der Waals surface area contributed by atoms with E-state index >= 15 is 0 Å². The Morgan fingerprint density at radius 2 is 2.24 bits per heavy atom. The summed E-state index contributed by atoms with van der Waals surface area (Å²) >= 11 is 3.26. The Morgan fingerprint density at radius 1 is 1.35 bits per heavy atom. The molecule has 0 aliphatic carbocycles. The van der Waals surface area contributed by atoms with Crippen LogP contribution < -0.4 is 5.32 Å². The number of hydrogen-bond donors (Lipinski definition) is 1. The van der Waals surface area contributed by atoms with Crippen molar-refractivity contribution in [3.63, 3.8) is 0 Å². The van der Waals surface area contributed by atoms with Crippen molar-refractivity contribution in [2.75, 3.05) is 13.1 Å². The van der Waals surface area contributed by atoms with Gasteiger partial charge in [-0.15, -0.1) is 21.5 Å². The minimum absolute atomic E-state index is 0.692. The summed E-state index contributed by atoms with van der Waals surface area (Å²) in [5, 5.41) is 13.9. The highest BCUT2D eigenvalue weighted by molar-refractivity contribution is 7.20. The molecule has 4 nitrogen and oxygen atoms in total. The molecular weight excluding hydrogens is 252 g/mol. The van der Waals surface area contributed by atoms with Gasteiger partial charge in [0, 0.05) is 19.2 Å². The van der Waals surface area contributed by atoms with E-state index in [2.05, 4.69) is 34.3 Å². The lowest BCUT2D eigenvalue weighted by molar-refractivity contribution is 0.553. The summed E-state index contributed by atoms with van der Waals surface area (Å²) in [6.07, 6.45) is 2.79. The van der Waals surface area contributed by atoms with Crippen LogP contribution in [0.3, 0.4) is 0 Å². The summed E-state index contributed by atoms with van der Waals surface area (Å²) in [6, 6.07) is 0. The van der Waals surface area contributed by atoms with Gasteiger partial charge in [0.1, 0.15) is 5.01 Å². The first kappa shape index (κ1) is 12.6. The van der Waals surface area contributed by atoms with E-state index < -0.39 is 0 Å². The second kappa shape index (κ2) is 6.18. The highest BCUT2D eigenvalue weighted by atomic mass is 32.1. The van der Waals surface area contributed by atoms with Gasteiger partial charge in [-0.2, -0.15) is 0 Å². The van der Waals surface area contributed by atoms with Crippen molar-refractivity contribution < 1.29 is 0 Å². The fraction of sp³-hybridized carbons (Fsp3) is 0.545. The average molecular weight is 268 g/mol. The summed E-state index contributed by atoms with van der Waals surface area (Å²) < 4.78 is 0. The molecule has 2 heterocycles. The lowest BCUT2D eigenvalue weighted by atomic mass is 10.2. The molecule has 6 heteroatoms. The maximum Gasteiger partial charge on any atom is 0.159 e.